The van der Waals surface area contributed by atoms with Gasteiger partial charge >= 0.3 is 5.97 Å². The molecule has 0 rings (SSSR count). The number of carboxylic acid groups (broad SMARTS) is 1. The fourth-order valence-corrected chi connectivity index (χ4v) is 2.13. The summed E-state index contributed by atoms with van der Waals surface area (Å²) in [5.41, 5.74) is 0. The normalized spacial score (nSPS) is 14.9. The molecule has 0 aromatic carbocycles. The minimum Gasteiger partial charge on any atom is -0.481 e. The van der Waals surface area contributed by atoms with Gasteiger partial charge in [-0.05, 0) is 25.1 Å². The van der Waals surface area contributed by atoms with Crippen molar-refractivity contribution in [2.75, 3.05) is 6.61 Å². The van der Waals surface area contributed by atoms with Crippen molar-refractivity contribution in [1.29, 1.82) is 0 Å². The topological polar surface area (TPSA) is 55.8 Å². The van der Waals surface area contributed by atoms with Crippen LogP contribution < -0.4 is 0 Å². The summed E-state index contributed by atoms with van der Waals surface area (Å²) in [6.07, 6.45) is -0.719. The van der Waals surface area contributed by atoms with Gasteiger partial charge in [-0.3, -0.25) is 4.79 Å². The van der Waals surface area contributed by atoms with Gasteiger partial charge in [0.1, 0.15) is 0 Å². The predicted molar refractivity (Wildman–Crippen MR) is 65.9 cm³/mol. The fraction of sp³-hybridized carbons (Fsp3) is 0.909. The van der Waals surface area contributed by atoms with Crippen LogP contribution in [0.1, 0.15) is 34.1 Å². The number of carboxylic acids is 1. The van der Waals surface area contributed by atoms with Gasteiger partial charge in [0.15, 0.2) is 14.6 Å². The molecule has 16 heavy (non-hydrogen) atoms. The number of hydrogen-bond acceptors (Lipinski definition) is 3. The molecule has 0 aromatic rings. The molecule has 0 radical (unpaired) electrons. The van der Waals surface area contributed by atoms with Crippen molar-refractivity contribution in [1.82, 2.24) is 0 Å². The van der Waals surface area contributed by atoms with E-state index >= 15 is 0 Å². The van der Waals surface area contributed by atoms with Gasteiger partial charge in [0.25, 0.3) is 0 Å². The molecule has 0 saturated carbocycles. The molecule has 1 atom stereocenters. The van der Waals surface area contributed by atoms with E-state index in [9.17, 15) is 4.79 Å². The molecular weight excluding hydrogens is 224 g/mol. The summed E-state index contributed by atoms with van der Waals surface area (Å²) in [5.74, 6) is -0.892. The van der Waals surface area contributed by atoms with E-state index in [1.807, 2.05) is 6.92 Å². The SMILES string of the molecule is CCOC(CC(=O)O)O[Si](C)(C)C(C)(C)C. The molecule has 1 unspecified atom stereocenters. The second kappa shape index (κ2) is 5.79. The molecule has 5 heteroatoms. The molecule has 0 heterocycles. The van der Waals surface area contributed by atoms with Crippen LogP contribution in [0.5, 0.6) is 0 Å². The molecule has 0 aliphatic carbocycles. The van der Waals surface area contributed by atoms with Crippen molar-refractivity contribution in [2.24, 2.45) is 0 Å². The molecule has 0 aromatic heterocycles. The minimum atomic E-state index is -1.96. The van der Waals surface area contributed by atoms with Crippen LogP contribution >= 0.6 is 0 Å². The first-order valence-corrected chi connectivity index (χ1v) is 8.52. The monoisotopic (exact) mass is 248 g/mol. The summed E-state index contributed by atoms with van der Waals surface area (Å²) >= 11 is 0. The van der Waals surface area contributed by atoms with E-state index < -0.39 is 20.6 Å². The van der Waals surface area contributed by atoms with Crippen LogP contribution in [0.2, 0.25) is 18.1 Å². The zero-order valence-electron chi connectivity index (χ0n) is 11.2. The smallest absolute Gasteiger partial charge is 0.308 e. The first-order chi connectivity index (χ1) is 7.10. The molecule has 0 spiro atoms. The van der Waals surface area contributed by atoms with Gasteiger partial charge in [-0.25, -0.2) is 0 Å². The van der Waals surface area contributed by atoms with E-state index in [0.29, 0.717) is 6.61 Å². The Morgan fingerprint density at radius 3 is 2.19 bits per heavy atom. The van der Waals surface area contributed by atoms with Crippen LogP contribution in [0, 0.1) is 0 Å². The lowest BCUT2D eigenvalue weighted by molar-refractivity contribution is -0.149. The third-order valence-corrected chi connectivity index (χ3v) is 7.39. The lowest BCUT2D eigenvalue weighted by Crippen LogP contribution is -2.45. The van der Waals surface area contributed by atoms with Crippen LogP contribution in [0.15, 0.2) is 0 Å². The summed E-state index contributed by atoms with van der Waals surface area (Å²) < 4.78 is 11.2. The number of carbonyl (C=O) groups is 1. The molecule has 0 saturated heterocycles. The van der Waals surface area contributed by atoms with Gasteiger partial charge in [0, 0.05) is 6.61 Å². The Labute approximate surface area is 99.1 Å². The summed E-state index contributed by atoms with van der Waals surface area (Å²) in [6.45, 7) is 12.8. The molecular formula is C11H24O4Si. The Morgan fingerprint density at radius 2 is 1.88 bits per heavy atom. The van der Waals surface area contributed by atoms with Gasteiger partial charge in [-0.1, -0.05) is 20.8 Å². The maximum Gasteiger partial charge on any atom is 0.308 e. The number of ether oxygens (including phenoxy) is 1. The third-order valence-electron chi connectivity index (χ3n) is 2.93. The average molecular weight is 248 g/mol. The van der Waals surface area contributed by atoms with Crippen molar-refractivity contribution in [3.05, 3.63) is 0 Å². The molecule has 0 aliphatic rings. The van der Waals surface area contributed by atoms with E-state index in [4.69, 9.17) is 14.3 Å². The number of aliphatic carboxylic acids is 1. The van der Waals surface area contributed by atoms with E-state index in [1.165, 1.54) is 0 Å². The molecule has 4 nitrogen and oxygen atoms in total. The Morgan fingerprint density at radius 1 is 1.38 bits per heavy atom. The van der Waals surface area contributed by atoms with Crippen LogP contribution in [-0.4, -0.2) is 32.3 Å². The predicted octanol–water partition coefficient (Wildman–Crippen LogP) is 2.85. The molecule has 1 N–H and O–H groups in total. The largest absolute Gasteiger partial charge is 0.481 e. The molecule has 0 amide bonds. The highest BCUT2D eigenvalue weighted by Gasteiger charge is 2.39. The molecule has 0 bridgehead atoms. The molecule has 0 aliphatic heterocycles. The van der Waals surface area contributed by atoms with Gasteiger partial charge < -0.3 is 14.3 Å². The highest BCUT2D eigenvalue weighted by molar-refractivity contribution is 6.74. The lowest BCUT2D eigenvalue weighted by Gasteiger charge is -2.38. The molecule has 0 fully saturated rings. The van der Waals surface area contributed by atoms with Crippen molar-refractivity contribution < 1.29 is 19.1 Å². The summed E-state index contributed by atoms with van der Waals surface area (Å²) in [4.78, 5) is 10.7. The number of hydrogen-bond donors (Lipinski definition) is 1. The van der Waals surface area contributed by atoms with Crippen molar-refractivity contribution in [2.45, 2.75) is 58.5 Å². The Kier molecular flexibility index (Phi) is 5.65. The van der Waals surface area contributed by atoms with E-state index in [2.05, 4.69) is 33.9 Å². The number of rotatable bonds is 6. The summed E-state index contributed by atoms with van der Waals surface area (Å²) in [7, 11) is -1.96. The van der Waals surface area contributed by atoms with Crippen LogP contribution in [-0.2, 0) is 14.0 Å². The third kappa shape index (κ3) is 5.09. The molecule has 96 valence electrons. The quantitative estimate of drug-likeness (QED) is 0.580. The van der Waals surface area contributed by atoms with Crippen LogP contribution in [0.3, 0.4) is 0 Å². The highest BCUT2D eigenvalue weighted by Crippen LogP contribution is 2.37. The minimum absolute atomic E-state index is 0.0564. The van der Waals surface area contributed by atoms with E-state index in [1.54, 1.807) is 0 Å². The summed E-state index contributed by atoms with van der Waals surface area (Å²) in [5, 5.41) is 8.82. The Balaban J connectivity index is 4.55. The van der Waals surface area contributed by atoms with Gasteiger partial charge in [0.05, 0.1) is 6.42 Å². The van der Waals surface area contributed by atoms with E-state index in [0.717, 1.165) is 0 Å². The van der Waals surface area contributed by atoms with E-state index in [-0.39, 0.29) is 11.5 Å². The maximum absolute atomic E-state index is 10.7. The Bertz CT molecular complexity index is 233. The Hall–Kier alpha value is -0.393. The van der Waals surface area contributed by atoms with Crippen molar-refractivity contribution in [3.63, 3.8) is 0 Å². The standard InChI is InChI=1S/C11H24O4Si/c1-7-14-10(8-9(12)13)15-16(5,6)11(2,3)4/h10H,7-8H2,1-6H3,(H,12,13). The van der Waals surface area contributed by atoms with Gasteiger partial charge in [-0.15, -0.1) is 0 Å². The first-order valence-electron chi connectivity index (χ1n) is 5.61. The zero-order chi connectivity index (χ0) is 13.0. The lowest BCUT2D eigenvalue weighted by atomic mass is 10.2. The maximum atomic E-state index is 10.7. The van der Waals surface area contributed by atoms with Crippen molar-refractivity contribution in [3.8, 4) is 0 Å². The second-order valence-corrected chi connectivity index (χ2v) is 10.1. The van der Waals surface area contributed by atoms with Gasteiger partial charge in [-0.2, -0.15) is 0 Å². The highest BCUT2D eigenvalue weighted by atomic mass is 28.4. The summed E-state index contributed by atoms with van der Waals surface area (Å²) in [6, 6.07) is 0. The van der Waals surface area contributed by atoms with Gasteiger partial charge in [0.2, 0.25) is 0 Å². The first kappa shape index (κ1) is 15.6. The zero-order valence-corrected chi connectivity index (χ0v) is 12.2. The fourth-order valence-electron chi connectivity index (χ4n) is 0.968. The van der Waals surface area contributed by atoms with Crippen molar-refractivity contribution >= 4 is 14.3 Å². The van der Waals surface area contributed by atoms with Crippen LogP contribution in [0.4, 0.5) is 0 Å². The van der Waals surface area contributed by atoms with Crippen LogP contribution in [0.25, 0.3) is 0 Å². The average Bonchev–Trinajstić information content (AvgIpc) is 1.99. The second-order valence-electron chi connectivity index (χ2n) is 5.36.